The van der Waals surface area contributed by atoms with Crippen molar-refractivity contribution < 1.29 is 17.7 Å². The fraction of sp³-hybridized carbons (Fsp3) is 0.438. The molecule has 1 aliphatic heterocycles. The van der Waals surface area contributed by atoms with Crippen LogP contribution in [0.3, 0.4) is 0 Å². The Hall–Kier alpha value is -2.02. The Morgan fingerprint density at radius 2 is 2.13 bits per heavy atom. The molecule has 1 N–H and O–H groups in total. The van der Waals surface area contributed by atoms with Crippen molar-refractivity contribution in [2.24, 2.45) is 0 Å². The summed E-state index contributed by atoms with van der Waals surface area (Å²) in [7, 11) is 0. The van der Waals surface area contributed by atoms with Crippen molar-refractivity contribution in [3.05, 3.63) is 58.1 Å². The van der Waals surface area contributed by atoms with E-state index in [1.807, 2.05) is 0 Å². The van der Waals surface area contributed by atoms with Crippen molar-refractivity contribution in [2.45, 2.75) is 37.5 Å². The maximum Gasteiger partial charge on any atom is 0.416 e. The summed E-state index contributed by atoms with van der Waals surface area (Å²) in [5.74, 6) is 0. The Bertz CT molecular complexity index is 720. The molecule has 23 heavy (non-hydrogen) atoms. The van der Waals surface area contributed by atoms with Gasteiger partial charge in [-0.25, -0.2) is 0 Å². The molecule has 124 valence electrons. The van der Waals surface area contributed by atoms with Gasteiger partial charge in [0.1, 0.15) is 6.26 Å². The van der Waals surface area contributed by atoms with Gasteiger partial charge < -0.3 is 9.84 Å². The summed E-state index contributed by atoms with van der Waals surface area (Å²) in [5, 5.41) is 3.30. The first kappa shape index (κ1) is 15.9. The van der Waals surface area contributed by atoms with Crippen molar-refractivity contribution in [2.75, 3.05) is 6.54 Å². The van der Waals surface area contributed by atoms with E-state index in [0.29, 0.717) is 24.9 Å². The van der Waals surface area contributed by atoms with Crippen LogP contribution in [0.15, 0.2) is 45.9 Å². The van der Waals surface area contributed by atoms with E-state index in [-0.39, 0.29) is 17.6 Å². The van der Waals surface area contributed by atoms with E-state index >= 15 is 0 Å². The fourth-order valence-corrected chi connectivity index (χ4v) is 3.06. The molecule has 1 aromatic heterocycles. The Balaban J connectivity index is 1.71. The molecular formula is C16H17F3N2O2. The summed E-state index contributed by atoms with van der Waals surface area (Å²) in [4.78, 5) is 11.7. The third-order valence-electron chi connectivity index (χ3n) is 4.14. The first-order valence-corrected chi connectivity index (χ1v) is 7.49. The molecule has 0 radical (unpaired) electrons. The van der Waals surface area contributed by atoms with Crippen LogP contribution in [0.25, 0.3) is 0 Å². The number of hydrogen-bond donors (Lipinski definition) is 1. The lowest BCUT2D eigenvalue weighted by atomic mass is 9.93. The summed E-state index contributed by atoms with van der Waals surface area (Å²) in [6.07, 6.45) is -1.10. The van der Waals surface area contributed by atoms with Gasteiger partial charge in [-0.05, 0) is 37.4 Å². The van der Waals surface area contributed by atoms with Gasteiger partial charge in [0.15, 0.2) is 0 Å². The zero-order chi connectivity index (χ0) is 16.4. The van der Waals surface area contributed by atoms with Crippen molar-refractivity contribution in [3.8, 4) is 0 Å². The molecule has 2 heterocycles. The molecule has 0 spiro atoms. The number of aromatic nitrogens is 1. The maximum absolute atomic E-state index is 12.8. The van der Waals surface area contributed by atoms with Gasteiger partial charge in [-0.15, -0.1) is 0 Å². The summed E-state index contributed by atoms with van der Waals surface area (Å²) in [6.45, 7) is 0.696. The number of nitrogens with zero attached hydrogens (tertiary/aromatic N) is 1. The monoisotopic (exact) mass is 326 g/mol. The Morgan fingerprint density at radius 3 is 2.83 bits per heavy atom. The topological polar surface area (TPSA) is 47.2 Å². The van der Waals surface area contributed by atoms with Gasteiger partial charge in [0.2, 0.25) is 0 Å². The number of benzene rings is 1. The van der Waals surface area contributed by atoms with Crippen molar-refractivity contribution >= 4 is 0 Å². The molecule has 7 heteroatoms. The van der Waals surface area contributed by atoms with Crippen LogP contribution in [0.4, 0.5) is 13.2 Å². The minimum absolute atomic E-state index is 0.00855. The summed E-state index contributed by atoms with van der Waals surface area (Å²) < 4.78 is 44.9. The van der Waals surface area contributed by atoms with Gasteiger partial charge in [0.05, 0.1) is 11.6 Å². The van der Waals surface area contributed by atoms with Crippen LogP contribution in [0.2, 0.25) is 0 Å². The summed E-state index contributed by atoms with van der Waals surface area (Å²) in [6, 6.07) is 6.69. The molecule has 0 saturated carbocycles. The second-order valence-electron chi connectivity index (χ2n) is 5.80. The van der Waals surface area contributed by atoms with Crippen LogP contribution in [0, 0.1) is 0 Å². The lowest BCUT2D eigenvalue weighted by molar-refractivity contribution is -0.137. The van der Waals surface area contributed by atoms with Gasteiger partial charge >= 0.3 is 6.18 Å². The second kappa shape index (κ2) is 6.23. The predicted molar refractivity (Wildman–Crippen MR) is 78.2 cm³/mol. The van der Waals surface area contributed by atoms with Crippen LogP contribution < -0.4 is 10.9 Å². The number of halogens is 3. The van der Waals surface area contributed by atoms with E-state index in [4.69, 9.17) is 4.52 Å². The predicted octanol–water partition coefficient (Wildman–Crippen LogP) is 3.00. The Kier molecular flexibility index (Phi) is 4.30. The quantitative estimate of drug-likeness (QED) is 0.943. The SMILES string of the molecule is O=c1ccon1[C@H]1CCN[C@H](Cc2cccc(C(F)(F)F)c2)C1. The molecule has 2 aromatic rings. The van der Waals surface area contributed by atoms with E-state index in [2.05, 4.69) is 5.32 Å². The molecule has 0 aliphatic carbocycles. The lowest BCUT2D eigenvalue weighted by Gasteiger charge is -2.30. The van der Waals surface area contributed by atoms with E-state index in [1.54, 1.807) is 6.07 Å². The summed E-state index contributed by atoms with van der Waals surface area (Å²) in [5.41, 5.74) is -0.191. The zero-order valence-corrected chi connectivity index (χ0v) is 12.3. The zero-order valence-electron chi connectivity index (χ0n) is 12.3. The number of rotatable bonds is 3. The van der Waals surface area contributed by atoms with Crippen LogP contribution in [-0.4, -0.2) is 17.3 Å². The molecule has 2 atom stereocenters. The third-order valence-corrected chi connectivity index (χ3v) is 4.14. The average molecular weight is 326 g/mol. The molecule has 0 amide bonds. The van der Waals surface area contributed by atoms with Crippen molar-refractivity contribution in [1.29, 1.82) is 0 Å². The minimum atomic E-state index is -4.33. The highest BCUT2D eigenvalue weighted by Crippen LogP contribution is 2.30. The van der Waals surface area contributed by atoms with E-state index < -0.39 is 11.7 Å². The summed E-state index contributed by atoms with van der Waals surface area (Å²) >= 11 is 0. The highest BCUT2D eigenvalue weighted by molar-refractivity contribution is 5.26. The molecule has 1 fully saturated rings. The maximum atomic E-state index is 12.8. The molecule has 1 aliphatic rings. The van der Waals surface area contributed by atoms with Crippen molar-refractivity contribution in [3.63, 3.8) is 0 Å². The lowest BCUT2D eigenvalue weighted by Crippen LogP contribution is -2.41. The first-order valence-electron chi connectivity index (χ1n) is 7.49. The van der Waals surface area contributed by atoms with Gasteiger partial charge in [-0.1, -0.05) is 18.2 Å². The highest BCUT2D eigenvalue weighted by Gasteiger charge is 2.31. The van der Waals surface area contributed by atoms with E-state index in [9.17, 15) is 18.0 Å². The van der Waals surface area contributed by atoms with Crippen LogP contribution >= 0.6 is 0 Å². The largest absolute Gasteiger partial charge is 0.416 e. The number of hydrogen-bond acceptors (Lipinski definition) is 3. The second-order valence-corrected chi connectivity index (χ2v) is 5.80. The van der Waals surface area contributed by atoms with Crippen LogP contribution in [0.1, 0.15) is 30.0 Å². The average Bonchev–Trinajstić information content (AvgIpc) is 2.93. The molecule has 4 nitrogen and oxygen atoms in total. The highest BCUT2D eigenvalue weighted by atomic mass is 19.4. The van der Waals surface area contributed by atoms with Gasteiger partial charge in [-0.2, -0.15) is 17.9 Å². The number of nitrogens with one attached hydrogen (secondary N) is 1. The Morgan fingerprint density at radius 1 is 1.30 bits per heavy atom. The molecule has 3 rings (SSSR count). The molecule has 1 saturated heterocycles. The fourth-order valence-electron chi connectivity index (χ4n) is 3.06. The smallest absolute Gasteiger partial charge is 0.384 e. The van der Waals surface area contributed by atoms with E-state index in [1.165, 1.54) is 29.2 Å². The third kappa shape index (κ3) is 3.67. The molecule has 1 aromatic carbocycles. The van der Waals surface area contributed by atoms with Gasteiger partial charge in [0, 0.05) is 12.1 Å². The minimum Gasteiger partial charge on any atom is -0.384 e. The van der Waals surface area contributed by atoms with Gasteiger partial charge in [-0.3, -0.25) is 4.79 Å². The number of piperidine rings is 1. The van der Waals surface area contributed by atoms with Crippen molar-refractivity contribution in [1.82, 2.24) is 10.1 Å². The standard InChI is InChI=1S/C16H17F3N2O2/c17-16(18,19)12-3-1-2-11(8-12)9-13-10-14(4-6-20-13)21-15(22)5-7-23-21/h1-3,5,7-8,13-14,20H,4,6,9-10H2/t13-,14+/m1/s1. The van der Waals surface area contributed by atoms with Crippen LogP contribution in [-0.2, 0) is 12.6 Å². The molecule has 0 unspecified atom stereocenters. The Labute approximate surface area is 130 Å². The van der Waals surface area contributed by atoms with Gasteiger partial charge in [0.25, 0.3) is 5.56 Å². The number of alkyl halides is 3. The molecular weight excluding hydrogens is 309 g/mol. The van der Waals surface area contributed by atoms with Crippen LogP contribution in [0.5, 0.6) is 0 Å². The molecule has 0 bridgehead atoms. The first-order chi connectivity index (χ1) is 10.9. The van der Waals surface area contributed by atoms with E-state index in [0.717, 1.165) is 12.5 Å². The normalized spacial score (nSPS) is 22.2.